The van der Waals surface area contributed by atoms with Crippen LogP contribution in [0.2, 0.25) is 5.02 Å². The van der Waals surface area contributed by atoms with Gasteiger partial charge in [-0.05, 0) is 24.1 Å². The largest absolute Gasteiger partial charge is 0.328 e. The third kappa shape index (κ3) is 2.36. The van der Waals surface area contributed by atoms with E-state index in [0.29, 0.717) is 0 Å². The van der Waals surface area contributed by atoms with Gasteiger partial charge in [-0.1, -0.05) is 23.7 Å². The van der Waals surface area contributed by atoms with Gasteiger partial charge in [-0.2, -0.15) is 0 Å². The van der Waals surface area contributed by atoms with E-state index in [9.17, 15) is 0 Å². The molecule has 0 aliphatic carbocycles. The van der Waals surface area contributed by atoms with E-state index in [1.165, 1.54) is 5.56 Å². The van der Waals surface area contributed by atoms with Gasteiger partial charge in [0.1, 0.15) is 0 Å². The van der Waals surface area contributed by atoms with E-state index < -0.39 is 0 Å². The molecular formula is C11H10ClN2. The smallest absolute Gasteiger partial charge is 0.176 e. The first-order valence-corrected chi connectivity index (χ1v) is 4.86. The summed E-state index contributed by atoms with van der Waals surface area (Å²) in [6.45, 7) is 0.889. The lowest BCUT2D eigenvalue weighted by molar-refractivity contribution is 0.690. The lowest BCUT2D eigenvalue weighted by Crippen LogP contribution is -1.98. The van der Waals surface area contributed by atoms with Crippen molar-refractivity contribution in [1.82, 2.24) is 9.55 Å². The summed E-state index contributed by atoms with van der Waals surface area (Å²) in [6, 6.07) is 7.91. The van der Waals surface area contributed by atoms with Crippen LogP contribution in [-0.2, 0) is 13.0 Å². The van der Waals surface area contributed by atoms with E-state index in [1.807, 2.05) is 29.0 Å². The van der Waals surface area contributed by atoms with Gasteiger partial charge in [0, 0.05) is 24.0 Å². The van der Waals surface area contributed by atoms with Gasteiger partial charge in [-0.3, -0.25) is 0 Å². The highest BCUT2D eigenvalue weighted by Gasteiger charge is 1.95. The lowest BCUT2D eigenvalue weighted by Gasteiger charge is -2.02. The summed E-state index contributed by atoms with van der Waals surface area (Å²) < 4.78 is 1.93. The Hall–Kier alpha value is -1.28. The summed E-state index contributed by atoms with van der Waals surface area (Å²) in [5.41, 5.74) is 1.24. The minimum Gasteiger partial charge on any atom is -0.328 e. The van der Waals surface area contributed by atoms with Crippen LogP contribution in [0.15, 0.2) is 36.7 Å². The van der Waals surface area contributed by atoms with Gasteiger partial charge < -0.3 is 4.57 Å². The molecule has 0 saturated heterocycles. The molecule has 2 nitrogen and oxygen atoms in total. The molecular weight excluding hydrogens is 196 g/mol. The fourth-order valence-corrected chi connectivity index (χ4v) is 1.53. The molecule has 0 N–H and O–H groups in total. The number of imidazole rings is 1. The predicted octanol–water partition coefficient (Wildman–Crippen LogP) is 2.58. The van der Waals surface area contributed by atoms with Crippen LogP contribution in [-0.4, -0.2) is 9.55 Å². The number of benzene rings is 1. The van der Waals surface area contributed by atoms with E-state index in [0.717, 1.165) is 18.0 Å². The van der Waals surface area contributed by atoms with Crippen LogP contribution in [0.4, 0.5) is 0 Å². The maximum absolute atomic E-state index is 5.88. The van der Waals surface area contributed by atoms with Crippen LogP contribution in [0.1, 0.15) is 5.56 Å². The summed E-state index contributed by atoms with van der Waals surface area (Å²) in [4.78, 5) is 3.86. The number of nitrogens with zero attached hydrogens (tertiary/aromatic N) is 2. The van der Waals surface area contributed by atoms with Crippen molar-refractivity contribution in [2.24, 2.45) is 0 Å². The van der Waals surface area contributed by atoms with E-state index in [2.05, 4.69) is 17.4 Å². The summed E-state index contributed by atoms with van der Waals surface area (Å²) in [5.74, 6) is 0. The molecule has 0 spiro atoms. The Kier molecular flexibility index (Phi) is 2.84. The van der Waals surface area contributed by atoms with Gasteiger partial charge in [0.25, 0.3) is 0 Å². The zero-order valence-electron chi connectivity index (χ0n) is 7.65. The van der Waals surface area contributed by atoms with Crippen LogP contribution >= 0.6 is 11.6 Å². The van der Waals surface area contributed by atoms with E-state index in [1.54, 1.807) is 6.20 Å². The van der Waals surface area contributed by atoms with Crippen LogP contribution in [0, 0.1) is 6.33 Å². The molecule has 1 aromatic carbocycles. The number of aromatic nitrogens is 2. The highest BCUT2D eigenvalue weighted by atomic mass is 35.5. The molecule has 0 saturated carbocycles. The molecule has 0 fully saturated rings. The van der Waals surface area contributed by atoms with Crippen molar-refractivity contribution < 1.29 is 0 Å². The molecule has 2 aromatic rings. The Morgan fingerprint density at radius 1 is 1.43 bits per heavy atom. The Bertz CT molecular complexity index is 395. The van der Waals surface area contributed by atoms with Crippen molar-refractivity contribution in [3.63, 3.8) is 0 Å². The normalized spacial score (nSPS) is 10.4. The minimum atomic E-state index is 0.789. The fourth-order valence-electron chi connectivity index (χ4n) is 1.32. The van der Waals surface area contributed by atoms with E-state index in [-0.39, 0.29) is 0 Å². The predicted molar refractivity (Wildman–Crippen MR) is 56.2 cm³/mol. The van der Waals surface area contributed by atoms with E-state index in [4.69, 9.17) is 11.6 Å². The Morgan fingerprint density at radius 2 is 2.36 bits per heavy atom. The van der Waals surface area contributed by atoms with Gasteiger partial charge in [-0.25, -0.2) is 4.98 Å². The third-order valence-electron chi connectivity index (χ3n) is 2.04. The molecule has 1 radical (unpaired) electrons. The third-order valence-corrected chi connectivity index (χ3v) is 2.27. The van der Waals surface area contributed by atoms with Crippen molar-refractivity contribution >= 4 is 11.6 Å². The average Bonchev–Trinajstić information content (AvgIpc) is 2.67. The fraction of sp³-hybridized carbons (Fsp3) is 0.182. The molecule has 71 valence electrons. The second-order valence-electron chi connectivity index (χ2n) is 3.10. The molecule has 0 aliphatic heterocycles. The molecule has 0 unspecified atom stereocenters. The highest BCUT2D eigenvalue weighted by Crippen LogP contribution is 2.11. The number of hydrogen-bond acceptors (Lipinski definition) is 1. The summed E-state index contributed by atoms with van der Waals surface area (Å²) in [7, 11) is 0. The van der Waals surface area contributed by atoms with Gasteiger partial charge in [0.05, 0.1) is 0 Å². The maximum atomic E-state index is 5.88. The van der Waals surface area contributed by atoms with Gasteiger partial charge in [0.2, 0.25) is 0 Å². The van der Waals surface area contributed by atoms with Gasteiger partial charge in [-0.15, -0.1) is 0 Å². The van der Waals surface area contributed by atoms with Crippen molar-refractivity contribution in [3.05, 3.63) is 53.6 Å². The summed E-state index contributed by atoms with van der Waals surface area (Å²) >= 11 is 5.88. The first kappa shape index (κ1) is 9.28. The van der Waals surface area contributed by atoms with Crippen molar-refractivity contribution in [3.8, 4) is 0 Å². The van der Waals surface area contributed by atoms with Crippen molar-refractivity contribution in [2.45, 2.75) is 13.0 Å². The summed E-state index contributed by atoms with van der Waals surface area (Å²) in [6.07, 6.45) is 7.45. The Labute approximate surface area is 88.2 Å². The Morgan fingerprint density at radius 3 is 3.07 bits per heavy atom. The molecule has 1 heterocycles. The van der Waals surface area contributed by atoms with Crippen LogP contribution < -0.4 is 0 Å². The quantitative estimate of drug-likeness (QED) is 0.753. The monoisotopic (exact) mass is 205 g/mol. The molecule has 0 aliphatic rings. The summed E-state index contributed by atoms with van der Waals surface area (Å²) in [5, 5.41) is 0.789. The van der Waals surface area contributed by atoms with Crippen LogP contribution in [0.3, 0.4) is 0 Å². The molecule has 0 atom stereocenters. The van der Waals surface area contributed by atoms with Gasteiger partial charge in [0.15, 0.2) is 6.33 Å². The molecule has 0 bridgehead atoms. The molecule has 14 heavy (non-hydrogen) atoms. The first-order chi connectivity index (χ1) is 6.84. The number of halogens is 1. The number of rotatable bonds is 3. The van der Waals surface area contributed by atoms with Gasteiger partial charge >= 0.3 is 0 Å². The molecule has 3 heteroatoms. The van der Waals surface area contributed by atoms with Crippen molar-refractivity contribution in [2.75, 3.05) is 0 Å². The highest BCUT2D eigenvalue weighted by molar-refractivity contribution is 6.30. The molecule has 1 aromatic heterocycles. The topological polar surface area (TPSA) is 17.8 Å². The average molecular weight is 206 g/mol. The zero-order chi connectivity index (χ0) is 9.80. The number of hydrogen-bond donors (Lipinski definition) is 0. The maximum Gasteiger partial charge on any atom is 0.176 e. The Balaban J connectivity index is 1.98. The standard InChI is InChI=1S/C11H10ClN2/c12-11-3-1-2-10(8-11)4-6-14-7-5-13-9-14/h1-3,5,7-8H,4,6H2. The molecule has 2 rings (SSSR count). The lowest BCUT2D eigenvalue weighted by atomic mass is 10.1. The second-order valence-corrected chi connectivity index (χ2v) is 3.54. The second kappa shape index (κ2) is 4.29. The molecule has 0 amide bonds. The van der Waals surface area contributed by atoms with E-state index >= 15 is 0 Å². The first-order valence-electron chi connectivity index (χ1n) is 4.48. The van der Waals surface area contributed by atoms with Crippen molar-refractivity contribution in [1.29, 1.82) is 0 Å². The van der Waals surface area contributed by atoms with Crippen LogP contribution in [0.25, 0.3) is 0 Å². The van der Waals surface area contributed by atoms with Crippen LogP contribution in [0.5, 0.6) is 0 Å². The SMILES string of the molecule is Clc1cccc(CCn2[c]ncc2)c1. The minimum absolute atomic E-state index is 0.789. The zero-order valence-corrected chi connectivity index (χ0v) is 8.41. The number of aryl methyl sites for hydroxylation is 2.